The Morgan fingerprint density at radius 1 is 1.39 bits per heavy atom. The van der Waals surface area contributed by atoms with Crippen molar-refractivity contribution in [3.8, 4) is 17.7 Å². The largest absolute Gasteiger partial charge is 0.463 e. The topological polar surface area (TPSA) is 123 Å². The van der Waals surface area contributed by atoms with Gasteiger partial charge in [0, 0.05) is 18.3 Å². The van der Waals surface area contributed by atoms with Crippen LogP contribution in [0.5, 0.6) is 5.88 Å². The highest BCUT2D eigenvalue weighted by atomic mass is 19.1. The quantitative estimate of drug-likeness (QED) is 0.704. The van der Waals surface area contributed by atoms with Gasteiger partial charge in [0.05, 0.1) is 24.4 Å². The molecule has 1 aromatic heterocycles. The number of ether oxygens (including phenoxy) is 1. The predicted molar refractivity (Wildman–Crippen MR) is 112 cm³/mol. The van der Waals surface area contributed by atoms with Gasteiger partial charge in [-0.05, 0) is 32.0 Å². The lowest BCUT2D eigenvalue weighted by Crippen LogP contribution is -2.47. The summed E-state index contributed by atoms with van der Waals surface area (Å²) in [5.74, 6) is 4.25. The maximum atomic E-state index is 14.6. The Morgan fingerprint density at radius 3 is 2.81 bits per heavy atom. The van der Waals surface area contributed by atoms with E-state index in [1.54, 1.807) is 13.8 Å². The third kappa shape index (κ3) is 4.78. The second kappa shape index (κ2) is 8.79. The molecule has 3 N–H and O–H groups in total. The molecule has 1 aromatic carbocycles. The number of rotatable bonds is 5. The van der Waals surface area contributed by atoms with Crippen LogP contribution in [0.1, 0.15) is 36.3 Å². The van der Waals surface area contributed by atoms with E-state index in [1.807, 2.05) is 0 Å². The highest BCUT2D eigenvalue weighted by molar-refractivity contribution is 6.03. The molecule has 0 bridgehead atoms. The zero-order valence-electron chi connectivity index (χ0n) is 17.3. The molecule has 0 aliphatic carbocycles. The molecule has 2 heterocycles. The summed E-state index contributed by atoms with van der Waals surface area (Å²) in [6.45, 7) is 3.47. The van der Waals surface area contributed by atoms with Crippen LogP contribution in [0.4, 0.5) is 10.1 Å². The summed E-state index contributed by atoms with van der Waals surface area (Å²) in [5, 5.41) is 2.64. The van der Waals surface area contributed by atoms with Crippen LogP contribution < -0.4 is 15.8 Å². The number of carbonyl (C=O) groups excluding carboxylic acids is 2. The van der Waals surface area contributed by atoms with Gasteiger partial charge >= 0.3 is 0 Å². The number of nitrogens with one attached hydrogen (secondary N) is 1. The summed E-state index contributed by atoms with van der Waals surface area (Å²) in [6.07, 6.45) is 2.51. The van der Waals surface area contributed by atoms with E-state index in [1.165, 1.54) is 42.5 Å². The minimum Gasteiger partial charge on any atom is -0.463 e. The minimum absolute atomic E-state index is 0.00455. The number of hydrogen-bond acceptors (Lipinski definition) is 7. The SMILES string of the molecule is CC#CCOc1cnc(C(=O)Nc2ccc(F)c([C@]3(C)CC(=O)N(C)C(N)=N3)c2)cn1. The van der Waals surface area contributed by atoms with Crippen molar-refractivity contribution in [3.63, 3.8) is 0 Å². The highest BCUT2D eigenvalue weighted by Gasteiger charge is 2.38. The van der Waals surface area contributed by atoms with Crippen molar-refractivity contribution in [1.82, 2.24) is 14.9 Å². The fourth-order valence-corrected chi connectivity index (χ4v) is 2.96. The molecule has 0 spiro atoms. The van der Waals surface area contributed by atoms with Crippen LogP contribution in [-0.4, -0.2) is 46.3 Å². The fourth-order valence-electron chi connectivity index (χ4n) is 2.96. The molecular weight excluding hydrogens is 403 g/mol. The fraction of sp³-hybridized carbons (Fsp3) is 0.286. The number of benzene rings is 1. The Morgan fingerprint density at radius 2 is 2.16 bits per heavy atom. The van der Waals surface area contributed by atoms with Crippen LogP contribution >= 0.6 is 0 Å². The molecule has 1 aliphatic rings. The van der Waals surface area contributed by atoms with Gasteiger partial charge in [0.1, 0.15) is 11.5 Å². The Labute approximate surface area is 178 Å². The van der Waals surface area contributed by atoms with Gasteiger partial charge < -0.3 is 15.8 Å². The van der Waals surface area contributed by atoms with E-state index in [4.69, 9.17) is 10.5 Å². The smallest absolute Gasteiger partial charge is 0.275 e. The molecule has 0 saturated carbocycles. The first-order valence-electron chi connectivity index (χ1n) is 9.31. The zero-order valence-corrected chi connectivity index (χ0v) is 17.3. The van der Waals surface area contributed by atoms with Crippen LogP contribution in [0.15, 0.2) is 35.6 Å². The number of nitrogens with two attached hydrogens (primary N) is 1. The standard InChI is InChI=1S/C21H21FN6O3/c1-4-5-8-31-17-12-24-16(11-25-17)19(30)26-13-6-7-15(22)14(9-13)21(2)10-18(29)28(3)20(23)27-21/h6-7,9,11-12H,8,10H2,1-3H3,(H2,23,27)(H,26,30)/t21-/m0/s1. The Balaban J connectivity index is 1.80. The number of nitrogens with zero attached hydrogens (tertiary/aromatic N) is 4. The van der Waals surface area contributed by atoms with E-state index < -0.39 is 17.3 Å². The summed E-state index contributed by atoms with van der Waals surface area (Å²) < 4.78 is 19.8. The maximum Gasteiger partial charge on any atom is 0.275 e. The number of aliphatic imine (C=N–C) groups is 1. The predicted octanol–water partition coefficient (Wildman–Crippen LogP) is 1.66. The van der Waals surface area contributed by atoms with Crippen LogP contribution in [0.2, 0.25) is 0 Å². The molecule has 1 atom stereocenters. The van der Waals surface area contributed by atoms with Gasteiger partial charge in [-0.2, -0.15) is 0 Å². The first-order valence-corrected chi connectivity index (χ1v) is 9.31. The van der Waals surface area contributed by atoms with Crippen molar-refractivity contribution in [2.24, 2.45) is 10.7 Å². The molecular formula is C21H21FN6O3. The van der Waals surface area contributed by atoms with Crippen molar-refractivity contribution in [3.05, 3.63) is 47.7 Å². The maximum absolute atomic E-state index is 14.6. The Kier molecular flexibility index (Phi) is 6.15. The third-order valence-electron chi connectivity index (χ3n) is 4.71. The van der Waals surface area contributed by atoms with Crippen molar-refractivity contribution >= 4 is 23.5 Å². The van der Waals surface area contributed by atoms with E-state index in [-0.39, 0.29) is 42.0 Å². The molecule has 160 valence electrons. The van der Waals surface area contributed by atoms with Gasteiger partial charge in [-0.15, -0.1) is 5.92 Å². The lowest BCUT2D eigenvalue weighted by Gasteiger charge is -2.34. The number of carbonyl (C=O) groups is 2. The van der Waals surface area contributed by atoms with Crippen LogP contribution in [0, 0.1) is 17.7 Å². The normalized spacial score (nSPS) is 18.0. The number of aromatic nitrogens is 2. The van der Waals surface area contributed by atoms with E-state index in [2.05, 4.69) is 32.1 Å². The molecule has 0 radical (unpaired) electrons. The Bertz CT molecular complexity index is 1110. The average Bonchev–Trinajstić information content (AvgIpc) is 2.74. The third-order valence-corrected chi connectivity index (χ3v) is 4.71. The molecule has 31 heavy (non-hydrogen) atoms. The molecule has 3 rings (SSSR count). The molecule has 0 saturated heterocycles. The van der Waals surface area contributed by atoms with Gasteiger partial charge in [-0.25, -0.2) is 19.4 Å². The van der Waals surface area contributed by atoms with Gasteiger partial charge in [0.15, 0.2) is 12.6 Å². The summed E-state index contributed by atoms with van der Waals surface area (Å²) >= 11 is 0. The number of guanidine groups is 1. The molecule has 0 unspecified atom stereocenters. The average molecular weight is 424 g/mol. The number of halogens is 1. The van der Waals surface area contributed by atoms with Crippen molar-refractivity contribution < 1.29 is 18.7 Å². The first-order chi connectivity index (χ1) is 14.7. The van der Waals surface area contributed by atoms with Gasteiger partial charge in [0.2, 0.25) is 11.8 Å². The van der Waals surface area contributed by atoms with Gasteiger partial charge in [-0.3, -0.25) is 14.5 Å². The summed E-state index contributed by atoms with van der Waals surface area (Å²) in [4.78, 5) is 38.2. The van der Waals surface area contributed by atoms with Crippen molar-refractivity contribution in [2.45, 2.75) is 25.8 Å². The number of hydrogen-bond donors (Lipinski definition) is 2. The van der Waals surface area contributed by atoms with E-state index in [9.17, 15) is 14.0 Å². The summed E-state index contributed by atoms with van der Waals surface area (Å²) in [7, 11) is 1.50. The molecule has 2 aromatic rings. The zero-order chi connectivity index (χ0) is 22.6. The van der Waals surface area contributed by atoms with Crippen molar-refractivity contribution in [1.29, 1.82) is 0 Å². The molecule has 1 aliphatic heterocycles. The summed E-state index contributed by atoms with van der Waals surface area (Å²) in [5.41, 5.74) is 5.10. The van der Waals surface area contributed by atoms with Crippen LogP contribution in [-0.2, 0) is 10.3 Å². The second-order valence-electron chi connectivity index (χ2n) is 6.98. The van der Waals surface area contributed by atoms with Gasteiger partial charge in [0.25, 0.3) is 5.91 Å². The lowest BCUT2D eigenvalue weighted by molar-refractivity contribution is -0.128. The van der Waals surface area contributed by atoms with Crippen LogP contribution in [0.3, 0.4) is 0 Å². The summed E-state index contributed by atoms with van der Waals surface area (Å²) in [6, 6.07) is 4.03. The van der Waals surface area contributed by atoms with Gasteiger partial charge in [-0.1, -0.05) is 5.92 Å². The molecule has 0 fully saturated rings. The van der Waals surface area contributed by atoms with E-state index >= 15 is 0 Å². The van der Waals surface area contributed by atoms with Crippen LogP contribution in [0.25, 0.3) is 0 Å². The minimum atomic E-state index is -1.20. The van der Waals surface area contributed by atoms with E-state index in [0.29, 0.717) is 5.69 Å². The van der Waals surface area contributed by atoms with E-state index in [0.717, 1.165) is 0 Å². The first kappa shape index (κ1) is 21.7. The molecule has 9 nitrogen and oxygen atoms in total. The van der Waals surface area contributed by atoms with Crippen molar-refractivity contribution in [2.75, 3.05) is 19.0 Å². The monoisotopic (exact) mass is 424 g/mol. The molecule has 10 heteroatoms. The second-order valence-corrected chi connectivity index (χ2v) is 6.98. The highest BCUT2D eigenvalue weighted by Crippen LogP contribution is 2.35. The number of anilines is 1. The lowest BCUT2D eigenvalue weighted by atomic mass is 9.87. The number of amides is 2. The molecule has 2 amide bonds. The Hall–Kier alpha value is -4.00.